The van der Waals surface area contributed by atoms with Crippen LogP contribution < -0.4 is 4.68 Å². The summed E-state index contributed by atoms with van der Waals surface area (Å²) in [5, 5.41) is 3.97. The van der Waals surface area contributed by atoms with Gasteiger partial charge in [-0.05, 0) is 5.10 Å². The van der Waals surface area contributed by atoms with Gasteiger partial charge in [0, 0.05) is 11.6 Å². The minimum absolute atomic E-state index is 0.0327. The standard InChI is InChI=1S/C9H9N3O4S/c13-17(14,15)4-3-12-2-1-8(5-11-12)9-6-16-7-10-9/h1-2,5-7H,3-4H2. The lowest BCUT2D eigenvalue weighted by atomic mass is 10.2. The summed E-state index contributed by atoms with van der Waals surface area (Å²) in [6.45, 7) is 0.0327. The zero-order valence-corrected chi connectivity index (χ0v) is 9.50. The van der Waals surface area contributed by atoms with E-state index in [2.05, 4.69) is 10.1 Å². The second kappa shape index (κ2) is 4.60. The zero-order valence-electron chi connectivity index (χ0n) is 8.68. The third-order valence-corrected chi connectivity index (χ3v) is 2.75. The molecule has 2 heterocycles. The Morgan fingerprint density at radius 3 is 2.82 bits per heavy atom. The van der Waals surface area contributed by atoms with E-state index in [4.69, 9.17) is 4.42 Å². The first kappa shape index (κ1) is 11.7. The van der Waals surface area contributed by atoms with Crippen LogP contribution in [0.15, 0.2) is 35.5 Å². The molecule has 0 aromatic carbocycles. The maximum absolute atomic E-state index is 10.4. The fraction of sp³-hybridized carbons (Fsp3) is 0.222. The van der Waals surface area contributed by atoms with Gasteiger partial charge in [0.05, 0.1) is 5.75 Å². The summed E-state index contributed by atoms with van der Waals surface area (Å²) in [4.78, 5) is 3.94. The van der Waals surface area contributed by atoms with E-state index in [0.29, 0.717) is 5.69 Å². The molecule has 0 radical (unpaired) electrons. The Hall–Kier alpha value is -1.80. The molecule has 17 heavy (non-hydrogen) atoms. The second-order valence-electron chi connectivity index (χ2n) is 3.31. The molecule has 7 nitrogen and oxygen atoms in total. The number of aryl methyl sites for hydroxylation is 1. The molecule has 2 aromatic rings. The lowest BCUT2D eigenvalue weighted by Crippen LogP contribution is -2.40. The topological polar surface area (TPSA) is 100 Å². The molecule has 2 rings (SSSR count). The first-order chi connectivity index (χ1) is 8.04. The van der Waals surface area contributed by atoms with Gasteiger partial charge in [0.1, 0.15) is 28.3 Å². The molecule has 0 amide bonds. The van der Waals surface area contributed by atoms with Gasteiger partial charge in [-0.2, -0.15) is 0 Å². The highest BCUT2D eigenvalue weighted by atomic mass is 32.2. The normalized spacial score (nSPS) is 11.6. The van der Waals surface area contributed by atoms with Gasteiger partial charge in [-0.15, -0.1) is 0 Å². The van der Waals surface area contributed by atoms with Crippen molar-refractivity contribution in [2.45, 2.75) is 6.54 Å². The summed E-state index contributed by atoms with van der Waals surface area (Å²) in [6, 6.07) is 1.71. The Morgan fingerprint density at radius 2 is 2.29 bits per heavy atom. The molecule has 0 aliphatic heterocycles. The Bertz CT molecular complexity index is 577. The molecule has 0 fully saturated rings. The molecular weight excluding hydrogens is 246 g/mol. The highest BCUT2D eigenvalue weighted by Crippen LogP contribution is 2.12. The van der Waals surface area contributed by atoms with E-state index in [9.17, 15) is 13.0 Å². The maximum Gasteiger partial charge on any atom is 0.197 e. The largest absolute Gasteiger partial charge is 0.748 e. The van der Waals surface area contributed by atoms with Gasteiger partial charge in [-0.1, -0.05) is 4.68 Å². The van der Waals surface area contributed by atoms with Crippen LogP contribution in [0.4, 0.5) is 0 Å². The van der Waals surface area contributed by atoms with Crippen molar-refractivity contribution in [1.29, 1.82) is 0 Å². The first-order valence-electron chi connectivity index (χ1n) is 4.72. The molecule has 0 bridgehead atoms. The van der Waals surface area contributed by atoms with Gasteiger partial charge >= 0.3 is 0 Å². The van der Waals surface area contributed by atoms with Crippen molar-refractivity contribution >= 4 is 10.1 Å². The predicted octanol–water partition coefficient (Wildman–Crippen LogP) is -0.431. The van der Waals surface area contributed by atoms with E-state index in [1.807, 2.05) is 0 Å². The van der Waals surface area contributed by atoms with Gasteiger partial charge in [-0.3, -0.25) is 0 Å². The molecule has 0 aliphatic carbocycles. The van der Waals surface area contributed by atoms with Gasteiger partial charge in [0.25, 0.3) is 0 Å². The van der Waals surface area contributed by atoms with Crippen molar-refractivity contribution in [3.63, 3.8) is 0 Å². The van der Waals surface area contributed by atoms with Crippen LogP contribution in [-0.4, -0.2) is 28.8 Å². The van der Waals surface area contributed by atoms with Crippen LogP contribution in [0.5, 0.6) is 0 Å². The molecule has 8 heteroatoms. The Labute approximate surface area is 97.5 Å². The van der Waals surface area contributed by atoms with Crippen molar-refractivity contribution in [2.24, 2.45) is 0 Å². The van der Waals surface area contributed by atoms with Crippen molar-refractivity contribution in [3.8, 4) is 11.3 Å². The average Bonchev–Trinajstić information content (AvgIpc) is 2.79. The van der Waals surface area contributed by atoms with Crippen LogP contribution in [0.2, 0.25) is 0 Å². The maximum atomic E-state index is 10.4. The quantitative estimate of drug-likeness (QED) is 0.543. The molecule has 90 valence electrons. The lowest BCUT2D eigenvalue weighted by molar-refractivity contribution is -0.750. The highest BCUT2D eigenvalue weighted by Gasteiger charge is 2.08. The first-order valence-corrected chi connectivity index (χ1v) is 6.30. The van der Waals surface area contributed by atoms with E-state index in [-0.39, 0.29) is 6.54 Å². The van der Waals surface area contributed by atoms with Gasteiger partial charge in [-0.25, -0.2) is 13.4 Å². The molecule has 0 saturated carbocycles. The van der Waals surface area contributed by atoms with E-state index >= 15 is 0 Å². The van der Waals surface area contributed by atoms with Crippen LogP contribution in [-0.2, 0) is 16.7 Å². The number of aromatic nitrogens is 3. The summed E-state index contributed by atoms with van der Waals surface area (Å²) in [6.07, 6.45) is 5.88. The smallest absolute Gasteiger partial charge is 0.197 e. The molecule has 0 aliphatic rings. The molecule has 0 atom stereocenters. The Kier molecular flexibility index (Phi) is 3.16. The van der Waals surface area contributed by atoms with Crippen molar-refractivity contribution in [3.05, 3.63) is 31.1 Å². The highest BCUT2D eigenvalue weighted by molar-refractivity contribution is 7.85. The van der Waals surface area contributed by atoms with E-state index in [0.717, 1.165) is 5.56 Å². The molecule has 0 unspecified atom stereocenters. The summed E-state index contributed by atoms with van der Waals surface area (Å²) >= 11 is 0. The SMILES string of the molecule is O=S(=O)([O-])CC[n+]1ccc(-c2cocn2)cn1. The Morgan fingerprint density at radius 1 is 1.47 bits per heavy atom. The molecule has 0 spiro atoms. The minimum Gasteiger partial charge on any atom is -0.748 e. The van der Waals surface area contributed by atoms with Crippen LogP contribution in [0.3, 0.4) is 0 Å². The third kappa shape index (κ3) is 3.33. The number of oxazole rings is 1. The van der Waals surface area contributed by atoms with Crippen LogP contribution >= 0.6 is 0 Å². The molecular formula is C9H9N3O4S. The average molecular weight is 255 g/mol. The summed E-state index contributed by atoms with van der Waals surface area (Å²) in [5.41, 5.74) is 1.39. The molecule has 0 saturated heterocycles. The fourth-order valence-corrected chi connectivity index (χ4v) is 1.64. The minimum atomic E-state index is -4.21. The van der Waals surface area contributed by atoms with Crippen molar-refractivity contribution in [1.82, 2.24) is 10.1 Å². The molecule has 0 N–H and O–H groups in total. The number of hydrogen-bond acceptors (Lipinski definition) is 6. The molecule has 2 aromatic heterocycles. The summed E-state index contributed by atoms with van der Waals surface area (Å²) < 4.78 is 37.5. The fourth-order valence-electron chi connectivity index (χ4n) is 1.23. The van der Waals surface area contributed by atoms with Crippen molar-refractivity contribution in [2.75, 3.05) is 5.75 Å². The van der Waals surface area contributed by atoms with Crippen LogP contribution in [0, 0.1) is 0 Å². The van der Waals surface area contributed by atoms with E-state index in [1.165, 1.54) is 23.5 Å². The van der Waals surface area contributed by atoms with Crippen molar-refractivity contribution < 1.29 is 22.1 Å². The van der Waals surface area contributed by atoms with Gasteiger partial charge in [0.15, 0.2) is 19.1 Å². The van der Waals surface area contributed by atoms with Gasteiger partial charge < -0.3 is 8.97 Å². The second-order valence-corrected chi connectivity index (χ2v) is 4.84. The van der Waals surface area contributed by atoms with Gasteiger partial charge in [0.2, 0.25) is 0 Å². The zero-order chi connectivity index (χ0) is 12.3. The van der Waals surface area contributed by atoms with E-state index in [1.54, 1.807) is 12.3 Å². The summed E-state index contributed by atoms with van der Waals surface area (Å²) in [7, 11) is -4.21. The third-order valence-electron chi connectivity index (χ3n) is 2.07. The Balaban J connectivity index is 2.09. The monoisotopic (exact) mass is 255 g/mol. The lowest BCUT2D eigenvalue weighted by Gasteiger charge is -2.02. The summed E-state index contributed by atoms with van der Waals surface area (Å²) in [5.74, 6) is -0.478. The number of hydrogen-bond donors (Lipinski definition) is 0. The van der Waals surface area contributed by atoms with Crippen LogP contribution in [0.1, 0.15) is 0 Å². The predicted molar refractivity (Wildman–Crippen MR) is 54.5 cm³/mol. The van der Waals surface area contributed by atoms with E-state index < -0.39 is 15.9 Å². The van der Waals surface area contributed by atoms with Crippen LogP contribution in [0.25, 0.3) is 11.3 Å². The number of rotatable bonds is 4. The number of nitrogens with zero attached hydrogens (tertiary/aromatic N) is 3.